The molecule has 1 aliphatic rings. The number of hydrogen-bond acceptors (Lipinski definition) is 6. The molecule has 0 saturated carbocycles. The average Bonchev–Trinajstić information content (AvgIpc) is 2.85. The van der Waals surface area contributed by atoms with Gasteiger partial charge in [0, 0.05) is 11.1 Å². The minimum absolute atomic E-state index is 0.0172. The first-order chi connectivity index (χ1) is 12.2. The van der Waals surface area contributed by atoms with E-state index < -0.39 is 9.84 Å². The number of ether oxygens (including phenoxy) is 1. The van der Waals surface area contributed by atoms with Crippen LogP contribution in [0.3, 0.4) is 0 Å². The third kappa shape index (κ3) is 6.15. The highest BCUT2D eigenvalue weighted by Gasteiger charge is 2.29. The number of benzene rings is 1. The quantitative estimate of drug-likeness (QED) is 0.687. The van der Waals surface area contributed by atoms with Crippen molar-refractivity contribution in [3.05, 3.63) is 23.2 Å². The Morgan fingerprint density at radius 3 is 2.62 bits per heavy atom. The van der Waals surface area contributed by atoms with E-state index in [1.54, 1.807) is 25.2 Å². The van der Waals surface area contributed by atoms with E-state index in [0.29, 0.717) is 22.9 Å². The molecule has 1 saturated heterocycles. The van der Waals surface area contributed by atoms with Crippen LogP contribution in [0.1, 0.15) is 6.42 Å². The highest BCUT2D eigenvalue weighted by atomic mass is 35.5. The zero-order chi connectivity index (χ0) is 19.3. The van der Waals surface area contributed by atoms with Gasteiger partial charge in [0.05, 0.1) is 37.4 Å². The Bertz CT molecular complexity index is 784. The summed E-state index contributed by atoms with van der Waals surface area (Å²) in [5.41, 5.74) is 0.444. The van der Waals surface area contributed by atoms with Crippen LogP contribution in [0.2, 0.25) is 5.02 Å². The molecule has 1 aromatic carbocycles. The zero-order valence-corrected chi connectivity index (χ0v) is 16.2. The number of hydrogen-bond donors (Lipinski definition) is 2. The van der Waals surface area contributed by atoms with Crippen molar-refractivity contribution in [3.63, 3.8) is 0 Å². The van der Waals surface area contributed by atoms with Crippen LogP contribution in [-0.4, -0.2) is 69.9 Å². The number of sulfone groups is 1. The number of amides is 2. The summed E-state index contributed by atoms with van der Waals surface area (Å²) in [5.74, 6) is -0.104. The monoisotopic (exact) mass is 403 g/mol. The van der Waals surface area contributed by atoms with Crippen LogP contribution in [-0.2, 0) is 19.4 Å². The highest BCUT2D eigenvalue weighted by Crippen LogP contribution is 2.27. The molecule has 1 aliphatic heterocycles. The Kier molecular flexibility index (Phi) is 6.85. The van der Waals surface area contributed by atoms with E-state index in [-0.39, 0.29) is 42.5 Å². The van der Waals surface area contributed by atoms with E-state index in [2.05, 4.69) is 10.6 Å². The Morgan fingerprint density at radius 1 is 1.31 bits per heavy atom. The first-order valence-electron chi connectivity index (χ1n) is 8.00. The Morgan fingerprint density at radius 2 is 2.00 bits per heavy atom. The third-order valence-electron chi connectivity index (χ3n) is 3.86. The second-order valence-electron chi connectivity index (χ2n) is 6.23. The standard InChI is InChI=1S/C16H22ClN3O5S/c1-20(8-15(21)18-12-5-6-26(23,24)10-12)9-16(22)19-13-7-11(17)3-4-14(13)25-2/h3-4,7,12H,5-6,8-10H2,1-2H3,(H,18,21)(H,19,22)/t12-/m1/s1. The normalized spacial score (nSPS) is 18.5. The molecule has 2 amide bonds. The first-order valence-corrected chi connectivity index (χ1v) is 10.2. The summed E-state index contributed by atoms with van der Waals surface area (Å²) in [7, 11) is 0.0610. The largest absolute Gasteiger partial charge is 0.495 e. The van der Waals surface area contributed by atoms with Crippen LogP contribution < -0.4 is 15.4 Å². The van der Waals surface area contributed by atoms with Gasteiger partial charge in [0.15, 0.2) is 9.84 Å². The number of methoxy groups -OCH3 is 1. The second-order valence-corrected chi connectivity index (χ2v) is 8.90. The van der Waals surface area contributed by atoms with E-state index in [0.717, 1.165) is 0 Å². The maximum Gasteiger partial charge on any atom is 0.238 e. The van der Waals surface area contributed by atoms with Crippen molar-refractivity contribution < 1.29 is 22.7 Å². The van der Waals surface area contributed by atoms with Gasteiger partial charge in [-0.1, -0.05) is 11.6 Å². The number of nitrogens with one attached hydrogen (secondary N) is 2. The van der Waals surface area contributed by atoms with Gasteiger partial charge in [-0.3, -0.25) is 14.5 Å². The Labute approximate surface area is 157 Å². The van der Waals surface area contributed by atoms with Gasteiger partial charge >= 0.3 is 0 Å². The molecule has 0 unspecified atom stereocenters. The fraction of sp³-hybridized carbons (Fsp3) is 0.500. The lowest BCUT2D eigenvalue weighted by atomic mass is 10.2. The SMILES string of the molecule is COc1ccc(Cl)cc1NC(=O)CN(C)CC(=O)N[C@@H]1CCS(=O)(=O)C1. The summed E-state index contributed by atoms with van der Waals surface area (Å²) in [6.07, 6.45) is 0.423. The molecular formula is C16H22ClN3O5S. The lowest BCUT2D eigenvalue weighted by Crippen LogP contribution is -2.43. The lowest BCUT2D eigenvalue weighted by molar-refractivity contribution is -0.123. The van der Waals surface area contributed by atoms with E-state index in [1.165, 1.54) is 12.0 Å². The number of likely N-dealkylation sites (N-methyl/N-ethyl adjacent to an activating group) is 1. The van der Waals surface area contributed by atoms with Crippen molar-refractivity contribution in [1.82, 2.24) is 10.2 Å². The van der Waals surface area contributed by atoms with E-state index in [9.17, 15) is 18.0 Å². The highest BCUT2D eigenvalue weighted by molar-refractivity contribution is 7.91. The number of nitrogens with zero attached hydrogens (tertiary/aromatic N) is 1. The smallest absolute Gasteiger partial charge is 0.238 e. The van der Waals surface area contributed by atoms with Crippen molar-refractivity contribution in [3.8, 4) is 5.75 Å². The molecule has 8 nitrogen and oxygen atoms in total. The van der Waals surface area contributed by atoms with Crippen molar-refractivity contribution in [1.29, 1.82) is 0 Å². The van der Waals surface area contributed by atoms with Gasteiger partial charge in [0.1, 0.15) is 5.75 Å². The number of carbonyl (C=O) groups excluding carboxylic acids is 2. The van der Waals surface area contributed by atoms with Gasteiger partial charge < -0.3 is 15.4 Å². The summed E-state index contributed by atoms with van der Waals surface area (Å²) in [6, 6.07) is 4.51. The number of carbonyl (C=O) groups is 2. The van der Waals surface area contributed by atoms with Crippen molar-refractivity contribution in [2.75, 3.05) is 44.1 Å². The molecule has 1 atom stereocenters. The van der Waals surface area contributed by atoms with E-state index in [1.807, 2.05) is 0 Å². The number of rotatable bonds is 7. The minimum Gasteiger partial charge on any atom is -0.495 e. The van der Waals surface area contributed by atoms with Crippen LogP contribution in [0.4, 0.5) is 5.69 Å². The Balaban J connectivity index is 1.82. The molecule has 1 heterocycles. The maximum absolute atomic E-state index is 12.2. The van der Waals surface area contributed by atoms with Crippen LogP contribution >= 0.6 is 11.6 Å². The maximum atomic E-state index is 12.2. The van der Waals surface area contributed by atoms with Gasteiger partial charge in [0.25, 0.3) is 0 Å². The van der Waals surface area contributed by atoms with Gasteiger partial charge in [0.2, 0.25) is 11.8 Å². The molecule has 0 aliphatic carbocycles. The van der Waals surface area contributed by atoms with E-state index in [4.69, 9.17) is 16.3 Å². The molecule has 0 radical (unpaired) electrons. The fourth-order valence-corrected chi connectivity index (χ4v) is 4.54. The van der Waals surface area contributed by atoms with Gasteiger partial charge in [-0.15, -0.1) is 0 Å². The summed E-state index contributed by atoms with van der Waals surface area (Å²) >= 11 is 5.92. The van der Waals surface area contributed by atoms with Crippen LogP contribution in [0.25, 0.3) is 0 Å². The molecule has 2 N–H and O–H groups in total. The summed E-state index contributed by atoms with van der Waals surface area (Å²) in [5, 5.41) is 5.83. The van der Waals surface area contributed by atoms with Gasteiger partial charge in [-0.05, 0) is 31.7 Å². The predicted molar refractivity (Wildman–Crippen MR) is 99.3 cm³/mol. The number of halogens is 1. The molecule has 0 spiro atoms. The summed E-state index contributed by atoms with van der Waals surface area (Å²) < 4.78 is 28.0. The zero-order valence-electron chi connectivity index (χ0n) is 14.6. The van der Waals surface area contributed by atoms with Crippen LogP contribution in [0, 0.1) is 0 Å². The Hall–Kier alpha value is -1.84. The van der Waals surface area contributed by atoms with Crippen molar-refractivity contribution in [2.24, 2.45) is 0 Å². The minimum atomic E-state index is -3.05. The predicted octanol–water partition coefficient (Wildman–Crippen LogP) is 0.522. The third-order valence-corrected chi connectivity index (χ3v) is 5.86. The molecule has 2 rings (SSSR count). The van der Waals surface area contributed by atoms with Crippen molar-refractivity contribution in [2.45, 2.75) is 12.5 Å². The first kappa shape index (κ1) is 20.5. The fourth-order valence-electron chi connectivity index (χ4n) is 2.70. The molecule has 10 heteroatoms. The topological polar surface area (TPSA) is 105 Å². The molecule has 0 aromatic heterocycles. The van der Waals surface area contributed by atoms with E-state index >= 15 is 0 Å². The number of anilines is 1. The lowest BCUT2D eigenvalue weighted by Gasteiger charge is -2.18. The summed E-state index contributed by atoms with van der Waals surface area (Å²) in [6.45, 7) is -0.0390. The average molecular weight is 404 g/mol. The second kappa shape index (κ2) is 8.70. The van der Waals surface area contributed by atoms with Crippen molar-refractivity contribution >= 4 is 38.9 Å². The van der Waals surface area contributed by atoms with Crippen LogP contribution in [0.15, 0.2) is 18.2 Å². The molecular weight excluding hydrogens is 382 g/mol. The summed E-state index contributed by atoms with van der Waals surface area (Å²) in [4.78, 5) is 25.7. The molecule has 1 fully saturated rings. The molecule has 26 heavy (non-hydrogen) atoms. The molecule has 144 valence electrons. The van der Waals surface area contributed by atoms with Gasteiger partial charge in [-0.25, -0.2) is 8.42 Å². The van der Waals surface area contributed by atoms with Gasteiger partial charge in [-0.2, -0.15) is 0 Å². The molecule has 0 bridgehead atoms. The molecule has 1 aromatic rings. The van der Waals surface area contributed by atoms with Crippen LogP contribution in [0.5, 0.6) is 5.75 Å².